The number of anilines is 1. The highest BCUT2D eigenvalue weighted by Gasteiger charge is 2.45. The molecule has 8 heteroatoms. The predicted molar refractivity (Wildman–Crippen MR) is 144 cm³/mol. The molecule has 2 N–H and O–H groups in total. The minimum Gasteiger partial charge on any atom is -0.466 e. The highest BCUT2D eigenvalue weighted by molar-refractivity contribution is 6.07. The van der Waals surface area contributed by atoms with E-state index in [0.29, 0.717) is 23.2 Å². The van der Waals surface area contributed by atoms with Crippen LogP contribution in [0.3, 0.4) is 0 Å². The molecule has 0 radical (unpaired) electrons. The van der Waals surface area contributed by atoms with Gasteiger partial charge in [0.15, 0.2) is 0 Å². The van der Waals surface area contributed by atoms with Gasteiger partial charge in [-0.25, -0.2) is 9.59 Å². The van der Waals surface area contributed by atoms with E-state index in [9.17, 15) is 20.1 Å². The Bertz CT molecular complexity index is 1510. The van der Waals surface area contributed by atoms with Gasteiger partial charge in [-0.2, -0.15) is 10.5 Å². The Hall–Kier alpha value is -4.56. The number of nitriles is 2. The molecular weight excluding hydrogens is 492 g/mol. The summed E-state index contributed by atoms with van der Waals surface area (Å²) in [5, 5.41) is 20.9. The molecule has 0 saturated carbocycles. The van der Waals surface area contributed by atoms with Crippen molar-refractivity contribution in [2.75, 3.05) is 19.1 Å². The van der Waals surface area contributed by atoms with E-state index in [4.69, 9.17) is 15.2 Å². The van der Waals surface area contributed by atoms with E-state index in [1.165, 1.54) is 30.2 Å². The molecule has 1 atom stereocenters. The van der Waals surface area contributed by atoms with Crippen molar-refractivity contribution in [2.45, 2.75) is 57.3 Å². The number of esters is 2. The van der Waals surface area contributed by atoms with E-state index in [1.54, 1.807) is 24.3 Å². The number of rotatable bonds is 4. The van der Waals surface area contributed by atoms with Crippen molar-refractivity contribution in [1.82, 2.24) is 0 Å². The number of ether oxygens (including phenoxy) is 2. The van der Waals surface area contributed by atoms with Crippen LogP contribution in [0.15, 0.2) is 53.0 Å². The van der Waals surface area contributed by atoms with E-state index in [0.717, 1.165) is 56.1 Å². The van der Waals surface area contributed by atoms with E-state index >= 15 is 0 Å². The molecule has 8 nitrogen and oxygen atoms in total. The van der Waals surface area contributed by atoms with E-state index in [-0.39, 0.29) is 22.7 Å². The average Bonchev–Trinajstić information content (AvgIpc) is 2.99. The highest BCUT2D eigenvalue weighted by Crippen LogP contribution is 2.48. The molecule has 2 aromatic carbocycles. The maximum atomic E-state index is 13.6. The van der Waals surface area contributed by atoms with E-state index < -0.39 is 17.9 Å². The summed E-state index contributed by atoms with van der Waals surface area (Å²) in [4.78, 5) is 28.5. The van der Waals surface area contributed by atoms with Crippen molar-refractivity contribution >= 4 is 17.6 Å². The third-order valence-corrected chi connectivity index (χ3v) is 8.07. The number of hydrogen-bond acceptors (Lipinski definition) is 8. The number of fused-ring (bicyclic) bond motifs is 3. The first-order chi connectivity index (χ1) is 19.0. The molecule has 1 aliphatic heterocycles. The lowest BCUT2D eigenvalue weighted by Gasteiger charge is -2.39. The van der Waals surface area contributed by atoms with Crippen LogP contribution in [-0.2, 0) is 44.7 Å². The molecular formula is C31H30N4O4. The van der Waals surface area contributed by atoms with E-state index in [1.807, 2.05) is 6.07 Å². The Morgan fingerprint density at radius 2 is 1.41 bits per heavy atom. The molecule has 0 fully saturated rings. The predicted octanol–water partition coefficient (Wildman–Crippen LogP) is 4.21. The van der Waals surface area contributed by atoms with Gasteiger partial charge in [0.1, 0.15) is 17.6 Å². The summed E-state index contributed by atoms with van der Waals surface area (Å²) < 4.78 is 10.4. The van der Waals surface area contributed by atoms with Crippen LogP contribution in [0.25, 0.3) is 0 Å². The Kier molecular flexibility index (Phi) is 7.13. The Morgan fingerprint density at radius 3 is 1.97 bits per heavy atom. The van der Waals surface area contributed by atoms with Crippen LogP contribution >= 0.6 is 0 Å². The van der Waals surface area contributed by atoms with Gasteiger partial charge < -0.3 is 15.2 Å². The summed E-state index contributed by atoms with van der Waals surface area (Å²) in [7, 11) is 2.46. The second-order valence-corrected chi connectivity index (χ2v) is 10.00. The van der Waals surface area contributed by atoms with Crippen LogP contribution < -0.4 is 10.6 Å². The summed E-state index contributed by atoms with van der Waals surface area (Å²) in [6.45, 7) is 0. The number of benzene rings is 2. The molecule has 2 aliphatic carbocycles. The third-order valence-electron chi connectivity index (χ3n) is 8.07. The van der Waals surface area contributed by atoms with Crippen molar-refractivity contribution in [2.24, 2.45) is 5.73 Å². The Balaban J connectivity index is 1.92. The van der Waals surface area contributed by atoms with Gasteiger partial charge in [-0.3, -0.25) is 4.90 Å². The van der Waals surface area contributed by atoms with Gasteiger partial charge in [0, 0.05) is 0 Å². The fraction of sp³-hybridized carbons (Fsp3) is 0.355. The number of methoxy groups -OCH3 is 2. The second kappa shape index (κ2) is 10.7. The van der Waals surface area contributed by atoms with Gasteiger partial charge in [0.25, 0.3) is 0 Å². The second-order valence-electron chi connectivity index (χ2n) is 10.00. The van der Waals surface area contributed by atoms with Crippen molar-refractivity contribution in [1.29, 1.82) is 10.5 Å². The van der Waals surface area contributed by atoms with Crippen molar-refractivity contribution in [3.05, 3.63) is 86.4 Å². The maximum absolute atomic E-state index is 13.6. The monoisotopic (exact) mass is 522 g/mol. The van der Waals surface area contributed by atoms with Crippen LogP contribution in [0.1, 0.15) is 65.0 Å². The zero-order valence-electron chi connectivity index (χ0n) is 22.2. The van der Waals surface area contributed by atoms with Crippen molar-refractivity contribution in [3.63, 3.8) is 0 Å². The largest absolute Gasteiger partial charge is 0.466 e. The molecule has 0 aromatic heterocycles. The highest BCUT2D eigenvalue weighted by atomic mass is 16.5. The van der Waals surface area contributed by atoms with Gasteiger partial charge >= 0.3 is 11.9 Å². The average molecular weight is 523 g/mol. The number of nitrogens with zero attached hydrogens (tertiary/aromatic N) is 3. The minimum absolute atomic E-state index is 0.000519. The molecule has 39 heavy (non-hydrogen) atoms. The lowest BCUT2D eigenvalue weighted by atomic mass is 9.76. The fourth-order valence-corrected chi connectivity index (χ4v) is 6.42. The van der Waals surface area contributed by atoms with E-state index in [2.05, 4.69) is 12.1 Å². The molecule has 3 aliphatic rings. The summed E-state index contributed by atoms with van der Waals surface area (Å²) in [5.74, 6) is -2.53. The summed E-state index contributed by atoms with van der Waals surface area (Å²) >= 11 is 0. The van der Waals surface area contributed by atoms with Crippen molar-refractivity contribution < 1.29 is 19.1 Å². The van der Waals surface area contributed by atoms with Gasteiger partial charge in [0.2, 0.25) is 0 Å². The third kappa shape index (κ3) is 4.13. The van der Waals surface area contributed by atoms with Gasteiger partial charge in [-0.05, 0) is 79.2 Å². The topological polar surface area (TPSA) is 129 Å². The lowest BCUT2D eigenvalue weighted by Crippen LogP contribution is -2.42. The van der Waals surface area contributed by atoms with Gasteiger partial charge in [-0.15, -0.1) is 0 Å². The Labute approximate surface area is 227 Å². The number of hydrogen-bond donors (Lipinski definition) is 1. The zero-order valence-corrected chi connectivity index (χ0v) is 22.2. The quantitative estimate of drug-likeness (QED) is 0.591. The fourth-order valence-electron chi connectivity index (χ4n) is 6.42. The molecule has 0 bridgehead atoms. The molecule has 1 heterocycles. The van der Waals surface area contributed by atoms with Crippen LogP contribution in [0.5, 0.6) is 0 Å². The molecule has 0 amide bonds. The van der Waals surface area contributed by atoms with Crippen LogP contribution in [0.4, 0.5) is 5.69 Å². The smallest absolute Gasteiger partial charge is 0.355 e. The molecule has 0 spiro atoms. The maximum Gasteiger partial charge on any atom is 0.355 e. The first kappa shape index (κ1) is 26.1. The lowest BCUT2D eigenvalue weighted by molar-refractivity contribution is -0.139. The summed E-state index contributed by atoms with van der Waals surface area (Å²) in [6.07, 6.45) is 7.18. The first-order valence-corrected chi connectivity index (χ1v) is 13.2. The van der Waals surface area contributed by atoms with Crippen LogP contribution in [-0.4, -0.2) is 26.2 Å². The molecule has 5 rings (SSSR count). The van der Waals surface area contributed by atoms with Crippen LogP contribution in [0.2, 0.25) is 0 Å². The normalized spacial score (nSPS) is 18.5. The molecule has 0 saturated heterocycles. The summed E-state index contributed by atoms with van der Waals surface area (Å²) in [6, 6.07) is 13.5. The number of allylic oxidation sites excluding steroid dienone is 1. The number of carbonyl (C=O) groups is 2. The first-order valence-electron chi connectivity index (χ1n) is 13.2. The molecule has 2 aromatic rings. The molecule has 198 valence electrons. The van der Waals surface area contributed by atoms with Crippen LogP contribution in [0, 0.1) is 22.7 Å². The number of carbonyl (C=O) groups excluding carboxylic acids is 2. The number of nitrogens with two attached hydrogens (primary N) is 1. The van der Waals surface area contributed by atoms with Gasteiger partial charge in [0.05, 0.1) is 48.6 Å². The SMILES string of the molecule is COC(=O)C1=C(C(=O)OC)N(c2c(C#N)c3c(c4c2CCCC4)CCCC3)C(N)=C(C#N)C1c1ccccc1. The zero-order chi connectivity index (χ0) is 27.7. The van der Waals surface area contributed by atoms with Crippen molar-refractivity contribution in [3.8, 4) is 12.1 Å². The molecule has 1 unspecified atom stereocenters. The van der Waals surface area contributed by atoms with Gasteiger partial charge in [-0.1, -0.05) is 30.3 Å². The summed E-state index contributed by atoms with van der Waals surface area (Å²) in [5.41, 5.74) is 12.6. The minimum atomic E-state index is -0.951. The Morgan fingerprint density at radius 1 is 0.846 bits per heavy atom. The standard InChI is InChI=1S/C31H30N4O4/c1-38-30(36)26-25(18-10-4-3-5-11-18)24(17-33)29(34)35(28(26)31(37)39-2)27-22-15-9-8-13-20(22)19-12-6-7-14-21(19)23(27)16-32/h3-5,10-11,25H,6-9,12-15,34H2,1-2H3.